The van der Waals surface area contributed by atoms with Gasteiger partial charge in [-0.2, -0.15) is 0 Å². The van der Waals surface area contributed by atoms with Crippen LogP contribution in [0.5, 0.6) is 5.75 Å². The Morgan fingerprint density at radius 3 is 2.35 bits per heavy atom. The van der Waals surface area contributed by atoms with Crippen molar-refractivity contribution in [1.29, 1.82) is 0 Å². The molecule has 2 heteroatoms. The van der Waals surface area contributed by atoms with Crippen molar-refractivity contribution >= 4 is 0 Å². The first kappa shape index (κ1) is 13.8. The average Bonchev–Trinajstić information content (AvgIpc) is 2.24. The highest BCUT2D eigenvalue weighted by atomic mass is 16.5. The molecule has 2 nitrogen and oxygen atoms in total. The van der Waals surface area contributed by atoms with Crippen LogP contribution in [0.2, 0.25) is 0 Å². The van der Waals surface area contributed by atoms with E-state index in [1.165, 1.54) is 16.7 Å². The summed E-state index contributed by atoms with van der Waals surface area (Å²) in [5.41, 5.74) is 4.74. The molecule has 0 fully saturated rings. The van der Waals surface area contributed by atoms with Gasteiger partial charge in [-0.25, -0.2) is 0 Å². The monoisotopic (exact) mass is 233 g/mol. The molecule has 0 radical (unpaired) electrons. The van der Waals surface area contributed by atoms with Crippen molar-refractivity contribution in [3.63, 3.8) is 0 Å². The average molecular weight is 233 g/mol. The van der Waals surface area contributed by atoms with E-state index >= 15 is 0 Å². The van der Waals surface area contributed by atoms with Crippen LogP contribution in [0.3, 0.4) is 0 Å². The van der Waals surface area contributed by atoms with E-state index in [0.717, 1.165) is 24.4 Å². The zero-order valence-electron chi connectivity index (χ0n) is 11.4. The summed E-state index contributed by atoms with van der Waals surface area (Å²) in [5.74, 6) is 0.994. The molecule has 0 heterocycles. The Morgan fingerprint density at radius 1 is 1.29 bits per heavy atom. The van der Waals surface area contributed by atoms with Gasteiger partial charge in [0.15, 0.2) is 0 Å². The number of nitrogens with one attached hydrogen (secondary N) is 1. The maximum absolute atomic E-state index is 5.77. The van der Waals surface area contributed by atoms with Crippen molar-refractivity contribution < 1.29 is 4.74 Å². The van der Waals surface area contributed by atoms with Gasteiger partial charge in [0.25, 0.3) is 0 Å². The van der Waals surface area contributed by atoms with Crippen LogP contribution < -0.4 is 10.1 Å². The molecule has 94 valence electrons. The quantitative estimate of drug-likeness (QED) is 0.761. The lowest BCUT2D eigenvalue weighted by molar-refractivity contribution is 0.347. The number of rotatable bonds is 6. The summed E-state index contributed by atoms with van der Waals surface area (Å²) in [6, 6.07) is 4.37. The van der Waals surface area contributed by atoms with Crippen LogP contribution in [0.4, 0.5) is 0 Å². The lowest BCUT2D eigenvalue weighted by Gasteiger charge is -2.14. The van der Waals surface area contributed by atoms with E-state index in [4.69, 9.17) is 4.74 Å². The second-order valence-electron chi connectivity index (χ2n) is 4.58. The first-order valence-corrected chi connectivity index (χ1v) is 6.12. The van der Waals surface area contributed by atoms with Gasteiger partial charge < -0.3 is 10.1 Å². The lowest BCUT2D eigenvalue weighted by atomic mass is 10.1. The molecule has 0 amide bonds. The summed E-state index contributed by atoms with van der Waals surface area (Å²) in [6.07, 6.45) is 0. The Labute approximate surface area is 105 Å². The predicted octanol–water partition coefficient (Wildman–Crippen LogP) is 3.37. The van der Waals surface area contributed by atoms with Crippen LogP contribution in [0.25, 0.3) is 0 Å². The highest BCUT2D eigenvalue weighted by Gasteiger charge is 2.06. The lowest BCUT2D eigenvalue weighted by Crippen LogP contribution is -2.12. The third-order valence-corrected chi connectivity index (χ3v) is 2.56. The van der Waals surface area contributed by atoms with Gasteiger partial charge in [0.1, 0.15) is 12.4 Å². The molecule has 0 aliphatic rings. The largest absolute Gasteiger partial charge is 0.489 e. The van der Waals surface area contributed by atoms with Crippen LogP contribution in [-0.2, 0) is 6.54 Å². The summed E-state index contributed by atoms with van der Waals surface area (Å²) >= 11 is 0. The first-order chi connectivity index (χ1) is 8.04. The molecule has 0 aliphatic heterocycles. The van der Waals surface area contributed by atoms with Gasteiger partial charge in [0.05, 0.1) is 0 Å². The number of benzene rings is 1. The van der Waals surface area contributed by atoms with E-state index < -0.39 is 0 Å². The molecule has 0 unspecified atom stereocenters. The Kier molecular flexibility index (Phi) is 5.23. The minimum absolute atomic E-state index is 0.592. The summed E-state index contributed by atoms with van der Waals surface area (Å²) in [6.45, 7) is 14.6. The third-order valence-electron chi connectivity index (χ3n) is 2.56. The van der Waals surface area contributed by atoms with Crippen LogP contribution in [0.1, 0.15) is 30.5 Å². The van der Waals surface area contributed by atoms with Crippen molar-refractivity contribution in [2.45, 2.75) is 34.2 Å². The first-order valence-electron chi connectivity index (χ1n) is 6.12. The normalized spacial score (nSPS) is 10.4. The molecule has 0 aliphatic carbocycles. The zero-order valence-corrected chi connectivity index (χ0v) is 11.4. The molecule has 0 saturated heterocycles. The van der Waals surface area contributed by atoms with Crippen LogP contribution in [0.15, 0.2) is 24.3 Å². The summed E-state index contributed by atoms with van der Waals surface area (Å²) in [4.78, 5) is 0. The van der Waals surface area contributed by atoms with Gasteiger partial charge in [-0.1, -0.05) is 25.6 Å². The van der Waals surface area contributed by atoms with Gasteiger partial charge in [0.2, 0.25) is 0 Å². The van der Waals surface area contributed by atoms with Gasteiger partial charge in [-0.15, -0.1) is 0 Å². The molecule has 1 N–H and O–H groups in total. The van der Waals surface area contributed by atoms with E-state index in [1.54, 1.807) is 0 Å². The maximum Gasteiger partial charge on any atom is 0.125 e. The molecule has 1 aromatic carbocycles. The molecule has 1 aromatic rings. The topological polar surface area (TPSA) is 21.3 Å². The number of hydrogen-bond donors (Lipinski definition) is 1. The van der Waals surface area contributed by atoms with Crippen molar-refractivity contribution in [3.05, 3.63) is 41.0 Å². The van der Waals surface area contributed by atoms with E-state index in [2.05, 4.69) is 44.8 Å². The number of hydrogen-bond acceptors (Lipinski definition) is 2. The zero-order chi connectivity index (χ0) is 12.8. The minimum Gasteiger partial charge on any atom is -0.489 e. The summed E-state index contributed by atoms with van der Waals surface area (Å²) < 4.78 is 5.77. The standard InChI is InChI=1S/C15H23NO/c1-6-16-9-14-7-12(4)15(13(5)8-14)17-10-11(2)3/h7-8,16H,2,6,9-10H2,1,3-5H3. The second kappa shape index (κ2) is 6.45. The molecule has 1 rings (SSSR count). The molecule has 0 saturated carbocycles. The van der Waals surface area contributed by atoms with Crippen LogP contribution >= 0.6 is 0 Å². The van der Waals surface area contributed by atoms with Crippen molar-refractivity contribution in [3.8, 4) is 5.75 Å². The SMILES string of the molecule is C=C(C)COc1c(C)cc(CNCC)cc1C. The van der Waals surface area contributed by atoms with Crippen molar-refractivity contribution in [1.82, 2.24) is 5.32 Å². The Balaban J connectivity index is 2.82. The Morgan fingerprint density at radius 2 is 1.88 bits per heavy atom. The fourth-order valence-electron chi connectivity index (χ4n) is 1.83. The fraction of sp³-hybridized carbons (Fsp3) is 0.467. The molecular weight excluding hydrogens is 210 g/mol. The van der Waals surface area contributed by atoms with E-state index in [-0.39, 0.29) is 0 Å². The van der Waals surface area contributed by atoms with E-state index in [1.807, 2.05) is 6.92 Å². The van der Waals surface area contributed by atoms with Gasteiger partial charge >= 0.3 is 0 Å². The molecule has 0 bridgehead atoms. The molecule has 0 spiro atoms. The molecule has 17 heavy (non-hydrogen) atoms. The Hall–Kier alpha value is -1.28. The van der Waals surface area contributed by atoms with Crippen LogP contribution in [-0.4, -0.2) is 13.2 Å². The van der Waals surface area contributed by atoms with Crippen LogP contribution in [0, 0.1) is 13.8 Å². The van der Waals surface area contributed by atoms with Crippen molar-refractivity contribution in [2.24, 2.45) is 0 Å². The highest BCUT2D eigenvalue weighted by Crippen LogP contribution is 2.25. The van der Waals surface area contributed by atoms with E-state index in [0.29, 0.717) is 6.61 Å². The number of ether oxygens (including phenoxy) is 1. The van der Waals surface area contributed by atoms with Gasteiger partial charge in [-0.3, -0.25) is 0 Å². The third kappa shape index (κ3) is 4.23. The molecular formula is C15H23NO. The predicted molar refractivity (Wildman–Crippen MR) is 73.6 cm³/mol. The molecule has 0 aromatic heterocycles. The smallest absolute Gasteiger partial charge is 0.125 e. The molecule has 0 atom stereocenters. The van der Waals surface area contributed by atoms with Gasteiger partial charge in [-0.05, 0) is 49.6 Å². The second-order valence-corrected chi connectivity index (χ2v) is 4.58. The van der Waals surface area contributed by atoms with Crippen molar-refractivity contribution in [2.75, 3.05) is 13.2 Å². The summed E-state index contributed by atoms with van der Waals surface area (Å²) in [5, 5.41) is 3.33. The fourth-order valence-corrected chi connectivity index (χ4v) is 1.83. The van der Waals surface area contributed by atoms with E-state index in [9.17, 15) is 0 Å². The van der Waals surface area contributed by atoms with Gasteiger partial charge in [0, 0.05) is 6.54 Å². The maximum atomic E-state index is 5.77. The summed E-state index contributed by atoms with van der Waals surface area (Å²) in [7, 11) is 0. The minimum atomic E-state index is 0.592. The number of aryl methyl sites for hydroxylation is 2. The Bertz CT molecular complexity index is 373. The highest BCUT2D eigenvalue weighted by molar-refractivity contribution is 5.43.